The summed E-state index contributed by atoms with van der Waals surface area (Å²) < 4.78 is 0. The maximum atomic E-state index is 10.1. The predicted octanol–water partition coefficient (Wildman–Crippen LogP) is 1.87. The summed E-state index contributed by atoms with van der Waals surface area (Å²) in [6.45, 7) is 14.9. The van der Waals surface area contributed by atoms with Gasteiger partial charge in [0.05, 0.1) is 0 Å². The van der Waals surface area contributed by atoms with Crippen molar-refractivity contribution in [3.63, 3.8) is 0 Å². The van der Waals surface area contributed by atoms with Gasteiger partial charge in [0.2, 0.25) is 0 Å². The van der Waals surface area contributed by atoms with Crippen molar-refractivity contribution in [1.82, 2.24) is 0 Å². The minimum atomic E-state index is -0.927. The third-order valence-corrected chi connectivity index (χ3v) is 5.57. The van der Waals surface area contributed by atoms with Crippen LogP contribution in [0.15, 0.2) is 0 Å². The predicted molar refractivity (Wildman–Crippen MR) is 141 cm³/mol. The SMILES string of the molecule is CCCCC(C)C(=O)[O-].CCCCC(C)C(=O)[O-].CCCCC(C)C(=O)[O-].CCCCC(C)C(=O)[O-].[Si+4]. The minimum absolute atomic E-state index is 0. The van der Waals surface area contributed by atoms with Gasteiger partial charge in [-0.3, -0.25) is 0 Å². The van der Waals surface area contributed by atoms with Crippen molar-refractivity contribution < 1.29 is 39.6 Å². The first-order chi connectivity index (χ1) is 16.7. The number of carboxylic acids is 4. The van der Waals surface area contributed by atoms with E-state index in [-0.39, 0.29) is 34.6 Å². The molecule has 4 atom stereocenters. The molecule has 0 heterocycles. The van der Waals surface area contributed by atoms with Crippen LogP contribution in [0.5, 0.6) is 0 Å². The maximum absolute atomic E-state index is 10.1. The van der Waals surface area contributed by atoms with E-state index >= 15 is 0 Å². The van der Waals surface area contributed by atoms with Gasteiger partial charge in [0.25, 0.3) is 0 Å². The summed E-state index contributed by atoms with van der Waals surface area (Å²) in [6, 6.07) is 0. The molecule has 0 spiro atoms. The van der Waals surface area contributed by atoms with Crippen molar-refractivity contribution in [3.05, 3.63) is 0 Å². The van der Waals surface area contributed by atoms with Crippen molar-refractivity contribution in [2.75, 3.05) is 0 Å². The van der Waals surface area contributed by atoms with E-state index in [1.54, 1.807) is 27.7 Å². The van der Waals surface area contributed by atoms with Gasteiger partial charge in [0.15, 0.2) is 0 Å². The van der Waals surface area contributed by atoms with Crippen molar-refractivity contribution in [2.45, 2.75) is 132 Å². The van der Waals surface area contributed by atoms with E-state index in [0.717, 1.165) is 77.0 Å². The van der Waals surface area contributed by atoms with Gasteiger partial charge in [-0.25, -0.2) is 0 Å². The van der Waals surface area contributed by atoms with Crippen molar-refractivity contribution in [1.29, 1.82) is 0 Å². The van der Waals surface area contributed by atoms with Gasteiger partial charge in [-0.05, 0) is 49.4 Å². The van der Waals surface area contributed by atoms with Crippen molar-refractivity contribution in [3.8, 4) is 0 Å². The third-order valence-electron chi connectivity index (χ3n) is 5.57. The summed E-state index contributed by atoms with van der Waals surface area (Å²) in [7, 11) is 0. The topological polar surface area (TPSA) is 161 Å². The molecule has 0 radical (unpaired) electrons. The number of carbonyl (C=O) groups is 4. The summed E-state index contributed by atoms with van der Waals surface area (Å²) in [5, 5.41) is 40.4. The molecule has 0 aromatic rings. The Balaban J connectivity index is -0.000000122. The smallest absolute Gasteiger partial charge is 0.550 e. The van der Waals surface area contributed by atoms with Crippen LogP contribution < -0.4 is 20.4 Å². The Morgan fingerprint density at radius 3 is 0.649 bits per heavy atom. The molecule has 0 aliphatic carbocycles. The number of carboxylic acid groups (broad SMARTS) is 4. The van der Waals surface area contributed by atoms with Gasteiger partial charge in [0.1, 0.15) is 0 Å². The number of rotatable bonds is 16. The van der Waals surface area contributed by atoms with Gasteiger partial charge in [-0.1, -0.05) is 107 Å². The molecule has 0 saturated carbocycles. The Morgan fingerprint density at radius 1 is 0.432 bits per heavy atom. The molecule has 0 saturated heterocycles. The maximum Gasteiger partial charge on any atom is 4.00 e. The Morgan fingerprint density at radius 2 is 0.568 bits per heavy atom. The molecule has 8 nitrogen and oxygen atoms in total. The Hall–Kier alpha value is -1.90. The number of aliphatic carboxylic acids is 4. The molecule has 0 aliphatic rings. The van der Waals surface area contributed by atoms with E-state index in [2.05, 4.69) is 0 Å². The fourth-order valence-electron chi connectivity index (χ4n) is 2.51. The second-order valence-corrected chi connectivity index (χ2v) is 9.45. The monoisotopic (exact) mass is 544 g/mol. The van der Waals surface area contributed by atoms with Crippen LogP contribution in [0.2, 0.25) is 0 Å². The Bertz CT molecular complexity index is 458. The molecular weight excluding hydrogens is 492 g/mol. The Kier molecular flexibility index (Phi) is 39.1. The van der Waals surface area contributed by atoms with E-state index in [4.69, 9.17) is 0 Å². The van der Waals surface area contributed by atoms with Crippen LogP contribution in [-0.4, -0.2) is 34.8 Å². The summed E-state index contributed by atoms with van der Waals surface area (Å²) in [6.07, 6.45) is 11.1. The molecule has 0 amide bonds. The molecule has 0 aromatic heterocycles. The molecule has 0 aliphatic heterocycles. The molecular formula is C28H52O8Si. The molecule has 0 fully saturated rings. The third kappa shape index (κ3) is 38.8. The molecule has 0 aromatic carbocycles. The summed E-state index contributed by atoms with van der Waals surface area (Å²) >= 11 is 0. The zero-order chi connectivity index (χ0) is 29.1. The van der Waals surface area contributed by atoms with Gasteiger partial charge in [-0.2, -0.15) is 0 Å². The van der Waals surface area contributed by atoms with Gasteiger partial charge < -0.3 is 39.6 Å². The molecule has 0 N–H and O–H groups in total. The zero-order valence-corrected chi connectivity index (χ0v) is 25.6. The zero-order valence-electron chi connectivity index (χ0n) is 24.6. The van der Waals surface area contributed by atoms with Crippen molar-refractivity contribution >= 4 is 34.8 Å². The molecule has 9 heteroatoms. The number of hydrogen-bond acceptors (Lipinski definition) is 8. The van der Waals surface area contributed by atoms with Gasteiger partial charge >= 0.3 is 11.0 Å². The largest absolute Gasteiger partial charge is 4.00 e. The average molecular weight is 545 g/mol. The van der Waals surface area contributed by atoms with Crippen molar-refractivity contribution in [2.24, 2.45) is 23.7 Å². The molecule has 216 valence electrons. The van der Waals surface area contributed by atoms with Crippen LogP contribution in [0.3, 0.4) is 0 Å². The van der Waals surface area contributed by atoms with Crippen LogP contribution in [0.4, 0.5) is 0 Å². The van der Waals surface area contributed by atoms with Crippen LogP contribution in [0.25, 0.3) is 0 Å². The quantitative estimate of drug-likeness (QED) is 0.266. The summed E-state index contributed by atoms with van der Waals surface area (Å²) in [4.78, 5) is 40.4. The van der Waals surface area contributed by atoms with Crippen LogP contribution in [0.1, 0.15) is 132 Å². The van der Waals surface area contributed by atoms with E-state index in [1.807, 2.05) is 27.7 Å². The van der Waals surface area contributed by atoms with Crippen LogP contribution in [-0.2, 0) is 19.2 Å². The first-order valence-corrected chi connectivity index (χ1v) is 13.6. The molecule has 0 rings (SSSR count). The van der Waals surface area contributed by atoms with Gasteiger partial charge in [0, 0.05) is 23.9 Å². The standard InChI is InChI=1S/4C7H14O2.Si/c4*1-3-4-5-6(2)7(8)9;/h4*6H,3-5H2,1-2H3,(H,8,9);/q;;;;+4/p-4. The molecule has 4 unspecified atom stereocenters. The molecule has 37 heavy (non-hydrogen) atoms. The summed E-state index contributed by atoms with van der Waals surface area (Å²) in [5.74, 6) is -4.80. The van der Waals surface area contributed by atoms with E-state index in [0.29, 0.717) is 0 Å². The first kappa shape index (κ1) is 45.0. The fraction of sp³-hybridized carbons (Fsp3) is 0.857. The second kappa shape index (κ2) is 32.1. The second-order valence-electron chi connectivity index (χ2n) is 9.45. The summed E-state index contributed by atoms with van der Waals surface area (Å²) in [5.41, 5.74) is 0. The Labute approximate surface area is 230 Å². The van der Waals surface area contributed by atoms with Crippen LogP contribution >= 0.6 is 0 Å². The number of hydrogen-bond donors (Lipinski definition) is 0. The fourth-order valence-corrected chi connectivity index (χ4v) is 2.51. The van der Waals surface area contributed by atoms with E-state index in [9.17, 15) is 39.6 Å². The average Bonchev–Trinajstić information content (AvgIpc) is 2.83. The molecule has 0 bridgehead atoms. The number of carbonyl (C=O) groups excluding carboxylic acids is 4. The minimum Gasteiger partial charge on any atom is -0.550 e. The van der Waals surface area contributed by atoms with E-state index < -0.39 is 23.9 Å². The number of unbranched alkanes of at least 4 members (excludes halogenated alkanes) is 4. The van der Waals surface area contributed by atoms with Crippen LogP contribution in [0, 0.1) is 23.7 Å². The normalized spacial score (nSPS) is 12.8. The van der Waals surface area contributed by atoms with Gasteiger partial charge in [-0.15, -0.1) is 0 Å². The van der Waals surface area contributed by atoms with E-state index in [1.165, 1.54) is 0 Å². The first-order valence-electron chi connectivity index (χ1n) is 13.6.